The van der Waals surface area contributed by atoms with Crippen molar-refractivity contribution in [2.75, 3.05) is 33.1 Å². The van der Waals surface area contributed by atoms with E-state index in [4.69, 9.17) is 14.2 Å². The molecule has 1 saturated heterocycles. The standard InChI is InChI=1S/C32H39NO7/c1-24(34)39-23-40-31(36)12-8-3-2-7-11-28-30(21-29(35)32(28)33-17-19-37-20-18-33)38-22-25-13-15-27(16-14-25)26-9-5-4-6-10-26/h2-6,9-10,13-16,28,30,32H,7-8,11-12,17-23H2,1H3. The third-order valence-corrected chi connectivity index (χ3v) is 7.41. The first-order valence-electron chi connectivity index (χ1n) is 14.1. The lowest BCUT2D eigenvalue weighted by Gasteiger charge is -2.35. The Bertz CT molecular complexity index is 1130. The fourth-order valence-electron chi connectivity index (χ4n) is 5.37. The van der Waals surface area contributed by atoms with Crippen LogP contribution in [0, 0.1) is 5.92 Å². The van der Waals surface area contributed by atoms with E-state index in [0.717, 1.165) is 37.1 Å². The van der Waals surface area contributed by atoms with Crippen molar-refractivity contribution < 1.29 is 33.3 Å². The van der Waals surface area contributed by atoms with Gasteiger partial charge in [0.05, 0.1) is 32.0 Å². The highest BCUT2D eigenvalue weighted by atomic mass is 16.7. The van der Waals surface area contributed by atoms with E-state index in [1.807, 2.05) is 24.3 Å². The van der Waals surface area contributed by atoms with Crippen LogP contribution in [0.3, 0.4) is 0 Å². The Hall–Kier alpha value is -3.33. The predicted octanol–water partition coefficient (Wildman–Crippen LogP) is 4.71. The lowest BCUT2D eigenvalue weighted by Crippen LogP contribution is -2.49. The first-order valence-corrected chi connectivity index (χ1v) is 14.1. The largest absolute Gasteiger partial charge is 0.428 e. The molecule has 2 fully saturated rings. The van der Waals surface area contributed by atoms with Crippen LogP contribution in [-0.2, 0) is 39.9 Å². The van der Waals surface area contributed by atoms with Crippen LogP contribution in [0.5, 0.6) is 0 Å². The second-order valence-electron chi connectivity index (χ2n) is 10.2. The van der Waals surface area contributed by atoms with Gasteiger partial charge in [-0.3, -0.25) is 19.3 Å². The molecule has 0 N–H and O–H groups in total. The minimum absolute atomic E-state index is 0.0903. The van der Waals surface area contributed by atoms with Crippen LogP contribution in [-0.4, -0.2) is 67.9 Å². The number of Topliss-reactive ketones (excluding diaryl/α,β-unsaturated/α-hetero) is 1. The Balaban J connectivity index is 1.30. The summed E-state index contributed by atoms with van der Waals surface area (Å²) in [5.74, 6) is -0.565. The van der Waals surface area contributed by atoms with Gasteiger partial charge in [0.15, 0.2) is 5.78 Å². The van der Waals surface area contributed by atoms with Gasteiger partial charge < -0.3 is 18.9 Å². The molecule has 3 unspecified atom stereocenters. The highest BCUT2D eigenvalue weighted by Crippen LogP contribution is 2.35. The average molecular weight is 550 g/mol. The van der Waals surface area contributed by atoms with E-state index >= 15 is 0 Å². The molecular formula is C32H39NO7. The van der Waals surface area contributed by atoms with Gasteiger partial charge in [-0.1, -0.05) is 66.7 Å². The van der Waals surface area contributed by atoms with Crippen molar-refractivity contribution in [2.24, 2.45) is 5.92 Å². The molecule has 1 saturated carbocycles. The van der Waals surface area contributed by atoms with Crippen molar-refractivity contribution in [1.82, 2.24) is 4.90 Å². The van der Waals surface area contributed by atoms with E-state index in [2.05, 4.69) is 52.1 Å². The van der Waals surface area contributed by atoms with Crippen molar-refractivity contribution in [3.8, 4) is 11.1 Å². The maximum absolute atomic E-state index is 13.2. The number of hydrogen-bond acceptors (Lipinski definition) is 8. The van der Waals surface area contributed by atoms with Crippen molar-refractivity contribution in [1.29, 1.82) is 0 Å². The number of ether oxygens (including phenoxy) is 4. The summed E-state index contributed by atoms with van der Waals surface area (Å²) >= 11 is 0. The molecule has 2 aromatic carbocycles. The maximum Gasteiger partial charge on any atom is 0.308 e. The van der Waals surface area contributed by atoms with Gasteiger partial charge in [-0.05, 0) is 36.0 Å². The second kappa shape index (κ2) is 15.5. The zero-order chi connectivity index (χ0) is 28.2. The molecule has 8 nitrogen and oxygen atoms in total. The molecule has 0 radical (unpaired) electrons. The number of carbonyl (C=O) groups is 3. The molecule has 8 heteroatoms. The van der Waals surface area contributed by atoms with Gasteiger partial charge in [-0.25, -0.2) is 0 Å². The average Bonchev–Trinajstić information content (AvgIpc) is 3.29. The molecular weight excluding hydrogens is 510 g/mol. The van der Waals surface area contributed by atoms with Crippen molar-refractivity contribution in [3.63, 3.8) is 0 Å². The van der Waals surface area contributed by atoms with E-state index in [-0.39, 0.29) is 37.1 Å². The van der Waals surface area contributed by atoms with E-state index in [1.54, 1.807) is 0 Å². The van der Waals surface area contributed by atoms with Gasteiger partial charge in [-0.2, -0.15) is 0 Å². The number of rotatable bonds is 13. The second-order valence-corrected chi connectivity index (χ2v) is 10.2. The third-order valence-electron chi connectivity index (χ3n) is 7.41. The minimum Gasteiger partial charge on any atom is -0.428 e. The molecule has 0 bridgehead atoms. The molecule has 4 rings (SSSR count). The smallest absolute Gasteiger partial charge is 0.308 e. The fourth-order valence-corrected chi connectivity index (χ4v) is 5.37. The molecule has 2 aromatic rings. The Kier molecular flexibility index (Phi) is 11.5. The zero-order valence-electron chi connectivity index (χ0n) is 23.2. The Labute approximate surface area is 236 Å². The molecule has 40 heavy (non-hydrogen) atoms. The molecule has 3 atom stereocenters. The van der Waals surface area contributed by atoms with Gasteiger partial charge in [-0.15, -0.1) is 0 Å². The van der Waals surface area contributed by atoms with Gasteiger partial charge in [0.1, 0.15) is 0 Å². The number of esters is 2. The summed E-state index contributed by atoms with van der Waals surface area (Å²) in [6.45, 7) is 4.17. The highest BCUT2D eigenvalue weighted by molar-refractivity contribution is 5.87. The molecule has 0 spiro atoms. The van der Waals surface area contributed by atoms with Crippen LogP contribution in [0.4, 0.5) is 0 Å². The van der Waals surface area contributed by atoms with Gasteiger partial charge >= 0.3 is 11.9 Å². The van der Waals surface area contributed by atoms with E-state index in [0.29, 0.717) is 32.7 Å². The molecule has 1 heterocycles. The first kappa shape index (κ1) is 29.6. The fraction of sp³-hybridized carbons (Fsp3) is 0.469. The molecule has 2 aliphatic rings. The third kappa shape index (κ3) is 8.84. The lowest BCUT2D eigenvalue weighted by molar-refractivity contribution is -0.165. The summed E-state index contributed by atoms with van der Waals surface area (Å²) < 4.78 is 21.4. The summed E-state index contributed by atoms with van der Waals surface area (Å²) in [5, 5.41) is 0. The lowest BCUT2D eigenvalue weighted by atomic mass is 9.93. The van der Waals surface area contributed by atoms with Crippen LogP contribution in [0.2, 0.25) is 0 Å². The maximum atomic E-state index is 13.2. The number of ketones is 1. The van der Waals surface area contributed by atoms with Crippen LogP contribution in [0.15, 0.2) is 66.7 Å². The number of benzene rings is 2. The highest BCUT2D eigenvalue weighted by Gasteiger charge is 2.45. The Morgan fingerprint density at radius 1 is 0.950 bits per heavy atom. The summed E-state index contributed by atoms with van der Waals surface area (Å²) in [4.78, 5) is 37.9. The predicted molar refractivity (Wildman–Crippen MR) is 150 cm³/mol. The van der Waals surface area contributed by atoms with E-state index < -0.39 is 11.9 Å². The molecule has 214 valence electrons. The monoisotopic (exact) mass is 549 g/mol. The van der Waals surface area contributed by atoms with Crippen LogP contribution in [0.1, 0.15) is 44.6 Å². The molecule has 1 aliphatic carbocycles. The van der Waals surface area contributed by atoms with Crippen LogP contribution in [0.25, 0.3) is 11.1 Å². The van der Waals surface area contributed by atoms with Crippen molar-refractivity contribution in [2.45, 2.75) is 57.8 Å². The number of morpholine rings is 1. The van der Waals surface area contributed by atoms with Gasteiger partial charge in [0.25, 0.3) is 0 Å². The molecule has 0 aromatic heterocycles. The number of allylic oxidation sites excluding steroid dienone is 2. The molecule has 1 aliphatic heterocycles. The molecule has 0 amide bonds. The number of hydrogen-bond donors (Lipinski definition) is 0. The number of nitrogens with zero attached hydrogens (tertiary/aromatic N) is 1. The topological polar surface area (TPSA) is 91.4 Å². The van der Waals surface area contributed by atoms with Crippen molar-refractivity contribution in [3.05, 3.63) is 72.3 Å². The van der Waals surface area contributed by atoms with Crippen LogP contribution >= 0.6 is 0 Å². The zero-order valence-corrected chi connectivity index (χ0v) is 23.2. The minimum atomic E-state index is -0.489. The summed E-state index contributed by atoms with van der Waals surface area (Å²) in [6.07, 6.45) is 6.64. The summed E-state index contributed by atoms with van der Waals surface area (Å²) in [7, 11) is 0. The van der Waals surface area contributed by atoms with E-state index in [1.165, 1.54) is 12.5 Å². The number of carbonyl (C=O) groups excluding carboxylic acids is 3. The normalized spacial score (nSPS) is 21.5. The Morgan fingerprint density at radius 3 is 2.38 bits per heavy atom. The van der Waals surface area contributed by atoms with Gasteiger partial charge in [0, 0.05) is 38.8 Å². The summed E-state index contributed by atoms with van der Waals surface area (Å²) in [5.41, 5.74) is 3.42. The Morgan fingerprint density at radius 2 is 1.65 bits per heavy atom. The van der Waals surface area contributed by atoms with Gasteiger partial charge in [0.2, 0.25) is 6.79 Å². The van der Waals surface area contributed by atoms with E-state index in [9.17, 15) is 14.4 Å². The summed E-state index contributed by atoms with van der Waals surface area (Å²) in [6, 6.07) is 18.5. The van der Waals surface area contributed by atoms with Crippen molar-refractivity contribution >= 4 is 17.7 Å². The first-order chi connectivity index (χ1) is 19.5. The van der Waals surface area contributed by atoms with Crippen LogP contribution < -0.4 is 0 Å². The quantitative estimate of drug-likeness (QED) is 0.202. The SMILES string of the molecule is CC(=O)OCOC(=O)CCC=CCCC1C(OCc2ccc(-c3ccccc3)cc2)CC(=O)C1N1CCOCC1.